The summed E-state index contributed by atoms with van der Waals surface area (Å²) in [5.74, 6) is -0.877. The normalized spacial score (nSPS) is 17.2. The zero-order valence-electron chi connectivity index (χ0n) is 20.7. The van der Waals surface area contributed by atoms with E-state index >= 15 is 0 Å². The second-order valence-electron chi connectivity index (χ2n) is 9.61. The quantitative estimate of drug-likeness (QED) is 0.253. The molecule has 1 saturated heterocycles. The van der Waals surface area contributed by atoms with Crippen LogP contribution in [0.3, 0.4) is 0 Å². The minimum Gasteiger partial charge on any atom is -0.366 e. The van der Waals surface area contributed by atoms with E-state index in [1.54, 1.807) is 6.08 Å². The van der Waals surface area contributed by atoms with E-state index in [2.05, 4.69) is 38.8 Å². The van der Waals surface area contributed by atoms with Crippen molar-refractivity contribution in [3.63, 3.8) is 0 Å². The minimum atomic E-state index is -0.438. The second kappa shape index (κ2) is 8.88. The number of likely N-dealkylation sites (N-methyl/N-ethyl adjacent to an activating group) is 1. The summed E-state index contributed by atoms with van der Waals surface area (Å²) in [5, 5.41) is 0.132. The van der Waals surface area contributed by atoms with Gasteiger partial charge >= 0.3 is 0 Å². The number of hydrogen-bond acceptors (Lipinski definition) is 4. The average molecular weight is 494 g/mol. The Bertz CT molecular complexity index is 1380. The van der Waals surface area contributed by atoms with E-state index in [4.69, 9.17) is 12.2 Å². The highest BCUT2D eigenvalue weighted by Crippen LogP contribution is 2.39. The SMILES string of the molecule is CC1=CC(C)(C)N(C)c2ccc(C=C3C(=O)N(c4ccccc4)C(=S)N(c4ccccc4)C3=O)cc21. The van der Waals surface area contributed by atoms with Crippen molar-refractivity contribution in [2.75, 3.05) is 21.7 Å². The van der Waals surface area contributed by atoms with Crippen molar-refractivity contribution in [1.29, 1.82) is 0 Å². The van der Waals surface area contributed by atoms with Crippen LogP contribution >= 0.6 is 12.2 Å². The van der Waals surface area contributed by atoms with Gasteiger partial charge in [0.1, 0.15) is 5.57 Å². The van der Waals surface area contributed by atoms with Crippen LogP contribution in [0.25, 0.3) is 11.6 Å². The summed E-state index contributed by atoms with van der Waals surface area (Å²) in [6.45, 7) is 6.44. The molecule has 180 valence electrons. The molecule has 5 rings (SSSR count). The maximum atomic E-state index is 13.7. The molecule has 1 fully saturated rings. The van der Waals surface area contributed by atoms with Gasteiger partial charge in [0, 0.05) is 18.3 Å². The van der Waals surface area contributed by atoms with Crippen LogP contribution in [0, 0.1) is 0 Å². The van der Waals surface area contributed by atoms with Crippen LogP contribution in [0.1, 0.15) is 31.9 Å². The first-order valence-electron chi connectivity index (χ1n) is 11.8. The number of nitrogens with zero attached hydrogens (tertiary/aromatic N) is 3. The molecule has 5 nitrogen and oxygen atoms in total. The monoisotopic (exact) mass is 493 g/mol. The molecule has 2 heterocycles. The lowest BCUT2D eigenvalue weighted by atomic mass is 9.88. The van der Waals surface area contributed by atoms with E-state index in [0.717, 1.165) is 22.4 Å². The molecule has 0 aliphatic carbocycles. The molecular formula is C30H27N3O2S. The summed E-state index contributed by atoms with van der Waals surface area (Å²) in [5.41, 5.74) is 5.31. The first-order chi connectivity index (χ1) is 17.2. The first kappa shape index (κ1) is 23.7. The van der Waals surface area contributed by atoms with Gasteiger partial charge in [-0.15, -0.1) is 0 Å². The van der Waals surface area contributed by atoms with E-state index < -0.39 is 11.8 Å². The summed E-state index contributed by atoms with van der Waals surface area (Å²) >= 11 is 5.68. The maximum Gasteiger partial charge on any atom is 0.270 e. The summed E-state index contributed by atoms with van der Waals surface area (Å²) in [4.78, 5) is 32.5. The highest BCUT2D eigenvalue weighted by atomic mass is 32.1. The van der Waals surface area contributed by atoms with Crippen LogP contribution in [-0.2, 0) is 9.59 Å². The minimum absolute atomic E-state index is 0.0578. The van der Waals surface area contributed by atoms with Crippen molar-refractivity contribution < 1.29 is 9.59 Å². The van der Waals surface area contributed by atoms with Crippen LogP contribution < -0.4 is 14.7 Å². The zero-order chi connectivity index (χ0) is 25.6. The summed E-state index contributed by atoms with van der Waals surface area (Å²) in [6.07, 6.45) is 3.90. The Labute approximate surface area is 216 Å². The van der Waals surface area contributed by atoms with Gasteiger partial charge in [-0.1, -0.05) is 48.5 Å². The van der Waals surface area contributed by atoms with Gasteiger partial charge in [0.05, 0.1) is 16.9 Å². The van der Waals surface area contributed by atoms with Crippen LogP contribution in [0.2, 0.25) is 0 Å². The molecule has 36 heavy (non-hydrogen) atoms. The van der Waals surface area contributed by atoms with Crippen molar-refractivity contribution >= 4 is 57.9 Å². The fraction of sp³-hybridized carbons (Fsp3) is 0.167. The Balaban J connectivity index is 1.63. The van der Waals surface area contributed by atoms with E-state index in [1.165, 1.54) is 9.80 Å². The number of rotatable bonds is 3. The Morgan fingerprint density at radius 1 is 0.806 bits per heavy atom. The predicted molar refractivity (Wildman–Crippen MR) is 151 cm³/mol. The number of allylic oxidation sites excluding steroid dienone is 1. The Hall–Kier alpha value is -4.03. The number of carbonyl (C=O) groups is 2. The lowest BCUT2D eigenvalue weighted by molar-refractivity contribution is -0.120. The first-order valence-corrected chi connectivity index (χ1v) is 12.2. The smallest absolute Gasteiger partial charge is 0.270 e. The van der Waals surface area contributed by atoms with Crippen molar-refractivity contribution in [3.05, 3.63) is 102 Å². The lowest BCUT2D eigenvalue weighted by Gasteiger charge is -2.40. The number of anilines is 3. The standard InChI is InChI=1S/C30H27N3O2S/c1-20-19-30(2,3)31(4)26-16-15-21(17-24(20)26)18-25-27(34)32(22-11-7-5-8-12-22)29(36)33(28(25)35)23-13-9-6-10-14-23/h5-19H,1-4H3. The fourth-order valence-electron chi connectivity index (χ4n) is 4.77. The average Bonchev–Trinajstić information content (AvgIpc) is 2.86. The van der Waals surface area contributed by atoms with E-state index in [-0.39, 0.29) is 16.2 Å². The number of thiocarbonyl (C=S) groups is 1. The molecule has 6 heteroatoms. The van der Waals surface area contributed by atoms with E-state index in [1.807, 2.05) is 78.9 Å². The molecule has 2 aliphatic rings. The second-order valence-corrected chi connectivity index (χ2v) is 9.97. The molecule has 0 bridgehead atoms. The molecule has 0 aromatic heterocycles. The van der Waals surface area contributed by atoms with Gasteiger partial charge < -0.3 is 4.90 Å². The van der Waals surface area contributed by atoms with Crippen molar-refractivity contribution in [2.24, 2.45) is 0 Å². The highest BCUT2D eigenvalue weighted by Gasteiger charge is 2.41. The number of fused-ring (bicyclic) bond motifs is 1. The molecule has 2 aliphatic heterocycles. The molecular weight excluding hydrogens is 466 g/mol. The molecule has 2 amide bonds. The largest absolute Gasteiger partial charge is 0.366 e. The van der Waals surface area contributed by atoms with Crippen LogP contribution in [0.5, 0.6) is 0 Å². The lowest BCUT2D eigenvalue weighted by Crippen LogP contribution is -2.56. The molecule has 0 radical (unpaired) electrons. The molecule has 3 aromatic carbocycles. The predicted octanol–water partition coefficient (Wildman–Crippen LogP) is 6.07. The topological polar surface area (TPSA) is 43.9 Å². The van der Waals surface area contributed by atoms with Crippen LogP contribution in [0.4, 0.5) is 17.1 Å². The number of benzene rings is 3. The van der Waals surface area contributed by atoms with Gasteiger partial charge in [0.15, 0.2) is 5.11 Å². The van der Waals surface area contributed by atoms with Crippen LogP contribution in [-0.4, -0.2) is 29.5 Å². The molecule has 0 N–H and O–H groups in total. The van der Waals surface area contributed by atoms with Gasteiger partial charge in [-0.25, -0.2) is 0 Å². The number of para-hydroxylation sites is 2. The van der Waals surface area contributed by atoms with E-state index in [9.17, 15) is 9.59 Å². The molecule has 0 unspecified atom stereocenters. The third-order valence-corrected chi connectivity index (χ3v) is 7.20. The Morgan fingerprint density at radius 2 is 1.33 bits per heavy atom. The van der Waals surface area contributed by atoms with Gasteiger partial charge in [-0.2, -0.15) is 0 Å². The molecule has 3 aromatic rings. The van der Waals surface area contributed by atoms with Gasteiger partial charge in [-0.05, 0) is 86.6 Å². The fourth-order valence-corrected chi connectivity index (χ4v) is 5.15. The molecule has 0 saturated carbocycles. The highest BCUT2D eigenvalue weighted by molar-refractivity contribution is 7.81. The third-order valence-electron chi connectivity index (χ3n) is 6.83. The van der Waals surface area contributed by atoms with Crippen molar-refractivity contribution in [1.82, 2.24) is 0 Å². The van der Waals surface area contributed by atoms with Crippen molar-refractivity contribution in [3.8, 4) is 0 Å². The number of hydrogen-bond donors (Lipinski definition) is 0. The summed E-state index contributed by atoms with van der Waals surface area (Å²) in [6, 6.07) is 24.4. The summed E-state index contributed by atoms with van der Waals surface area (Å²) in [7, 11) is 2.07. The van der Waals surface area contributed by atoms with Crippen molar-refractivity contribution in [2.45, 2.75) is 26.3 Å². The van der Waals surface area contributed by atoms with Crippen LogP contribution in [0.15, 0.2) is 90.5 Å². The number of amides is 2. The summed E-state index contributed by atoms with van der Waals surface area (Å²) < 4.78 is 0. The van der Waals surface area contributed by atoms with Gasteiger partial charge in [0.2, 0.25) is 0 Å². The number of carbonyl (C=O) groups excluding carboxylic acids is 2. The third kappa shape index (κ3) is 3.93. The maximum absolute atomic E-state index is 13.7. The zero-order valence-corrected chi connectivity index (χ0v) is 21.5. The van der Waals surface area contributed by atoms with Gasteiger partial charge in [0.25, 0.3) is 11.8 Å². The molecule has 0 spiro atoms. The Morgan fingerprint density at radius 3 is 1.86 bits per heavy atom. The molecule has 0 atom stereocenters. The Kier molecular flexibility index (Phi) is 5.85. The van der Waals surface area contributed by atoms with E-state index in [0.29, 0.717) is 11.4 Å². The van der Waals surface area contributed by atoms with Gasteiger partial charge in [-0.3, -0.25) is 19.4 Å².